The monoisotopic (exact) mass is 475 g/mol. The van der Waals surface area contributed by atoms with Gasteiger partial charge in [-0.05, 0) is 19.3 Å². The minimum absolute atomic E-state index is 0.0357. The molecule has 35 heavy (non-hydrogen) atoms. The minimum Gasteiger partial charge on any atom is -0.506 e. The standard InChI is InChI=1S/C24H25N7O4/c1-4-16-7-15(5-6-34-16)31-22-21-18(8-17(32)19(27-21)13-9-25-29(2)11-13)35-23(22)20(28-24(31)33)14-10-26-30(3)12-14/h8-12,15-16,32H,4-7H2,1-3H3/t15-,16-/m0/s1. The maximum atomic E-state index is 13.5. The molecular weight excluding hydrogens is 450 g/mol. The highest BCUT2D eigenvalue weighted by Crippen LogP contribution is 2.39. The van der Waals surface area contributed by atoms with Gasteiger partial charge in [0, 0.05) is 56.3 Å². The second-order valence-corrected chi connectivity index (χ2v) is 8.98. The number of hydrogen-bond donors (Lipinski definition) is 1. The smallest absolute Gasteiger partial charge is 0.349 e. The van der Waals surface area contributed by atoms with Crippen LogP contribution >= 0.6 is 0 Å². The van der Waals surface area contributed by atoms with E-state index < -0.39 is 0 Å². The summed E-state index contributed by atoms with van der Waals surface area (Å²) in [6, 6.07) is 1.42. The summed E-state index contributed by atoms with van der Waals surface area (Å²) in [5.41, 5.74) is 3.56. The number of nitrogens with zero attached hydrogens (tertiary/aromatic N) is 7. The first-order chi connectivity index (χ1) is 16.9. The third-order valence-electron chi connectivity index (χ3n) is 6.61. The Bertz CT molecular complexity index is 1630. The van der Waals surface area contributed by atoms with Crippen molar-refractivity contribution in [1.82, 2.24) is 34.1 Å². The van der Waals surface area contributed by atoms with Crippen molar-refractivity contribution in [3.05, 3.63) is 41.3 Å². The van der Waals surface area contributed by atoms with Gasteiger partial charge in [0.15, 0.2) is 11.2 Å². The number of fused-ring (bicyclic) bond motifs is 3. The molecule has 0 aliphatic carbocycles. The Balaban J connectivity index is 1.68. The molecule has 0 amide bonds. The van der Waals surface area contributed by atoms with E-state index in [2.05, 4.69) is 22.1 Å². The molecule has 0 aromatic carbocycles. The van der Waals surface area contributed by atoms with Gasteiger partial charge in [-0.25, -0.2) is 9.78 Å². The fourth-order valence-electron chi connectivity index (χ4n) is 4.89. The quantitative estimate of drug-likeness (QED) is 0.420. The summed E-state index contributed by atoms with van der Waals surface area (Å²) in [5, 5.41) is 19.2. The zero-order chi connectivity index (χ0) is 24.3. The molecule has 1 aliphatic heterocycles. The van der Waals surface area contributed by atoms with E-state index in [1.165, 1.54) is 6.07 Å². The second-order valence-electron chi connectivity index (χ2n) is 8.98. The van der Waals surface area contributed by atoms with Crippen LogP contribution in [0.3, 0.4) is 0 Å². The van der Waals surface area contributed by atoms with E-state index >= 15 is 0 Å². The van der Waals surface area contributed by atoms with Crippen molar-refractivity contribution in [2.45, 2.75) is 38.3 Å². The molecule has 1 saturated heterocycles. The van der Waals surface area contributed by atoms with Crippen LogP contribution in [-0.4, -0.2) is 51.9 Å². The molecule has 11 heteroatoms. The molecule has 1 N–H and O–H groups in total. The van der Waals surface area contributed by atoms with Crippen molar-refractivity contribution < 1.29 is 14.3 Å². The normalized spacial score (nSPS) is 18.6. The summed E-state index contributed by atoms with van der Waals surface area (Å²) >= 11 is 0. The van der Waals surface area contributed by atoms with Crippen molar-refractivity contribution in [2.75, 3.05) is 6.61 Å². The number of ether oxygens (including phenoxy) is 1. The molecule has 0 radical (unpaired) electrons. The molecule has 5 aromatic rings. The van der Waals surface area contributed by atoms with Gasteiger partial charge in [-0.3, -0.25) is 13.9 Å². The largest absolute Gasteiger partial charge is 0.506 e. The van der Waals surface area contributed by atoms with E-state index in [1.807, 2.05) is 0 Å². The summed E-state index contributed by atoms with van der Waals surface area (Å²) in [7, 11) is 3.60. The Morgan fingerprint density at radius 2 is 1.80 bits per heavy atom. The topological polar surface area (TPSA) is 126 Å². The van der Waals surface area contributed by atoms with Gasteiger partial charge in [0.2, 0.25) is 0 Å². The highest BCUT2D eigenvalue weighted by Gasteiger charge is 2.30. The number of aromatic nitrogens is 7. The van der Waals surface area contributed by atoms with Crippen LogP contribution in [0.5, 0.6) is 5.75 Å². The first-order valence-corrected chi connectivity index (χ1v) is 11.6. The second kappa shape index (κ2) is 8.05. The Labute approximate surface area is 199 Å². The van der Waals surface area contributed by atoms with Gasteiger partial charge < -0.3 is 14.3 Å². The number of aryl methyl sites for hydroxylation is 2. The fourth-order valence-corrected chi connectivity index (χ4v) is 4.89. The maximum absolute atomic E-state index is 13.5. The SMILES string of the molecule is CC[C@H]1C[C@@H](n2c(=O)nc(-c3cnn(C)c3)c3oc4cc(O)c(-c5cnn(C)c5)nc4c32)CCO1. The predicted octanol–water partition coefficient (Wildman–Crippen LogP) is 3.17. The first-order valence-electron chi connectivity index (χ1n) is 11.6. The Kier molecular flexibility index (Phi) is 4.95. The van der Waals surface area contributed by atoms with Gasteiger partial charge in [0.05, 0.1) is 18.5 Å². The summed E-state index contributed by atoms with van der Waals surface area (Å²) in [5.74, 6) is -0.0357. The lowest BCUT2D eigenvalue weighted by Crippen LogP contribution is -2.34. The van der Waals surface area contributed by atoms with Crippen LogP contribution in [0.4, 0.5) is 0 Å². The molecule has 0 unspecified atom stereocenters. The van der Waals surface area contributed by atoms with Crippen LogP contribution in [0, 0.1) is 0 Å². The average molecular weight is 476 g/mol. The van der Waals surface area contributed by atoms with Crippen LogP contribution in [0.1, 0.15) is 32.2 Å². The molecule has 0 bridgehead atoms. The maximum Gasteiger partial charge on any atom is 0.349 e. The molecule has 11 nitrogen and oxygen atoms in total. The van der Waals surface area contributed by atoms with Gasteiger partial charge >= 0.3 is 5.69 Å². The van der Waals surface area contributed by atoms with Crippen molar-refractivity contribution in [1.29, 1.82) is 0 Å². The van der Waals surface area contributed by atoms with Crippen molar-refractivity contribution in [3.63, 3.8) is 0 Å². The van der Waals surface area contributed by atoms with E-state index in [0.29, 0.717) is 64.2 Å². The van der Waals surface area contributed by atoms with Gasteiger partial charge in [0.25, 0.3) is 0 Å². The highest BCUT2D eigenvalue weighted by molar-refractivity contribution is 6.05. The molecule has 5 aromatic heterocycles. The third-order valence-corrected chi connectivity index (χ3v) is 6.61. The molecule has 0 spiro atoms. The molecule has 6 rings (SSSR count). The van der Waals surface area contributed by atoms with E-state index in [-0.39, 0.29) is 23.6 Å². The number of furan rings is 1. The van der Waals surface area contributed by atoms with E-state index in [4.69, 9.17) is 14.1 Å². The summed E-state index contributed by atoms with van der Waals surface area (Å²) in [4.78, 5) is 22.8. The zero-order valence-corrected chi connectivity index (χ0v) is 19.7. The lowest BCUT2D eigenvalue weighted by molar-refractivity contribution is -0.00710. The number of pyridine rings is 1. The molecule has 2 atom stereocenters. The molecular formula is C24H25N7O4. The van der Waals surface area contributed by atoms with Crippen LogP contribution < -0.4 is 5.69 Å². The van der Waals surface area contributed by atoms with Crippen LogP contribution in [0.15, 0.2) is 40.1 Å². The molecule has 1 fully saturated rings. The number of aromatic hydroxyl groups is 1. The van der Waals surface area contributed by atoms with Crippen LogP contribution in [-0.2, 0) is 18.8 Å². The molecule has 0 saturated carbocycles. The van der Waals surface area contributed by atoms with Crippen molar-refractivity contribution in [3.8, 4) is 28.3 Å². The van der Waals surface area contributed by atoms with Gasteiger partial charge in [0.1, 0.15) is 28.2 Å². The van der Waals surface area contributed by atoms with Crippen LogP contribution in [0.25, 0.3) is 44.7 Å². The summed E-state index contributed by atoms with van der Waals surface area (Å²) in [6.45, 7) is 2.64. The lowest BCUT2D eigenvalue weighted by atomic mass is 10.0. The van der Waals surface area contributed by atoms with E-state index in [9.17, 15) is 9.90 Å². The first kappa shape index (κ1) is 21.5. The van der Waals surface area contributed by atoms with Gasteiger partial charge in [-0.15, -0.1) is 0 Å². The Morgan fingerprint density at radius 3 is 2.46 bits per heavy atom. The molecule has 180 valence electrons. The van der Waals surface area contributed by atoms with Gasteiger partial charge in [-0.1, -0.05) is 6.92 Å². The van der Waals surface area contributed by atoms with E-state index in [0.717, 1.165) is 6.42 Å². The Morgan fingerprint density at radius 1 is 1.09 bits per heavy atom. The van der Waals surface area contributed by atoms with E-state index in [1.54, 1.807) is 52.8 Å². The Hall–Kier alpha value is -3.99. The molecule has 1 aliphatic rings. The number of rotatable bonds is 4. The van der Waals surface area contributed by atoms with Crippen LogP contribution in [0.2, 0.25) is 0 Å². The van der Waals surface area contributed by atoms with Crippen molar-refractivity contribution >= 4 is 22.2 Å². The minimum atomic E-state index is -0.376. The van der Waals surface area contributed by atoms with Gasteiger partial charge in [-0.2, -0.15) is 15.2 Å². The number of hydrogen-bond acceptors (Lipinski definition) is 8. The molecule has 6 heterocycles. The fraction of sp³-hybridized carbons (Fsp3) is 0.375. The van der Waals surface area contributed by atoms with Crippen molar-refractivity contribution in [2.24, 2.45) is 14.1 Å². The average Bonchev–Trinajstić information content (AvgIpc) is 3.56. The highest BCUT2D eigenvalue weighted by atomic mass is 16.5. The summed E-state index contributed by atoms with van der Waals surface area (Å²) in [6.07, 6.45) is 9.14. The third kappa shape index (κ3) is 3.50. The summed E-state index contributed by atoms with van der Waals surface area (Å²) < 4.78 is 17.1. The lowest BCUT2D eigenvalue weighted by Gasteiger charge is -2.30. The zero-order valence-electron chi connectivity index (χ0n) is 19.7. The predicted molar refractivity (Wildman–Crippen MR) is 128 cm³/mol.